The van der Waals surface area contributed by atoms with Gasteiger partial charge >= 0.3 is 0 Å². The Hall–Kier alpha value is -3.77. The number of aliphatic hydroxyl groups excluding tert-OH is 1. The summed E-state index contributed by atoms with van der Waals surface area (Å²) in [5, 5.41) is 7.80. The van der Waals surface area contributed by atoms with Gasteiger partial charge in [-0.2, -0.15) is 0 Å². The fraction of sp³-hybridized carbons (Fsp3) is 0.222. The highest BCUT2D eigenvalue weighted by atomic mass is 16.7. The van der Waals surface area contributed by atoms with Crippen LogP contribution in [0.1, 0.15) is 42.3 Å². The van der Waals surface area contributed by atoms with Crippen molar-refractivity contribution >= 4 is 22.3 Å². The number of rotatable bonds is 6. The average molecular weight is 445 g/mol. The highest BCUT2D eigenvalue weighted by molar-refractivity contribution is 6.08. The normalized spacial score (nSPS) is 13.2. The van der Waals surface area contributed by atoms with E-state index in [2.05, 4.69) is 11.6 Å². The van der Waals surface area contributed by atoms with Crippen molar-refractivity contribution in [2.45, 2.75) is 27.2 Å². The molecule has 4 rings (SSSR count). The van der Waals surface area contributed by atoms with E-state index in [-0.39, 0.29) is 12.6 Å². The van der Waals surface area contributed by atoms with Crippen LogP contribution in [0.4, 0.5) is 0 Å². The molecule has 6 heteroatoms. The minimum Gasteiger partial charge on any atom is -0.458 e. The van der Waals surface area contributed by atoms with Gasteiger partial charge in [-0.15, -0.1) is 0 Å². The Morgan fingerprint density at radius 3 is 2.48 bits per heavy atom. The van der Waals surface area contributed by atoms with E-state index in [0.29, 0.717) is 17.7 Å². The summed E-state index contributed by atoms with van der Waals surface area (Å²) in [5.41, 5.74) is 6.14. The maximum Gasteiger partial charge on any atom is 0.230 e. The van der Waals surface area contributed by atoms with Crippen molar-refractivity contribution < 1.29 is 19.4 Å². The predicted octanol–water partition coefficient (Wildman–Crippen LogP) is 5.48. The molecule has 33 heavy (non-hydrogen) atoms. The third kappa shape index (κ3) is 4.86. The average Bonchev–Trinajstić information content (AvgIpc) is 3.26. The number of pyridine rings is 2. The van der Waals surface area contributed by atoms with Crippen LogP contribution >= 0.6 is 0 Å². The Kier molecular flexibility index (Phi) is 7.74. The molecule has 1 aliphatic rings. The van der Waals surface area contributed by atoms with Gasteiger partial charge in [-0.3, -0.25) is 9.78 Å². The van der Waals surface area contributed by atoms with Gasteiger partial charge in [-0.1, -0.05) is 43.8 Å². The lowest BCUT2D eigenvalue weighted by Crippen LogP contribution is -2.05. The highest BCUT2D eigenvalue weighted by Gasteiger charge is 2.18. The number of carbonyl (C=O) groups is 1. The SMILES string of the molecule is C=C/C(=C\C1=C(C)OCO1)c1ccc(-c2nc3ccncc3c(C(C)=O)c2CC)cc1.CO. The second-order valence-corrected chi connectivity index (χ2v) is 7.32. The Morgan fingerprint density at radius 2 is 1.91 bits per heavy atom. The zero-order valence-electron chi connectivity index (χ0n) is 19.4. The summed E-state index contributed by atoms with van der Waals surface area (Å²) in [4.78, 5) is 21.6. The first-order valence-corrected chi connectivity index (χ1v) is 10.7. The third-order valence-corrected chi connectivity index (χ3v) is 5.43. The molecule has 3 heterocycles. The van der Waals surface area contributed by atoms with Crippen LogP contribution in [0, 0.1) is 0 Å². The molecule has 0 amide bonds. The quantitative estimate of drug-likeness (QED) is 0.401. The third-order valence-electron chi connectivity index (χ3n) is 5.43. The molecular formula is C27H28N2O4. The van der Waals surface area contributed by atoms with Crippen molar-refractivity contribution in [1.82, 2.24) is 9.97 Å². The van der Waals surface area contributed by atoms with E-state index in [1.807, 2.05) is 50.3 Å². The smallest absolute Gasteiger partial charge is 0.230 e. The molecule has 0 saturated carbocycles. The summed E-state index contributed by atoms with van der Waals surface area (Å²) in [6.07, 6.45) is 7.84. The maximum atomic E-state index is 12.5. The molecule has 1 aliphatic heterocycles. The van der Waals surface area contributed by atoms with Gasteiger partial charge in [0.15, 0.2) is 11.5 Å². The minimum atomic E-state index is 0.0226. The molecule has 0 unspecified atom stereocenters. The first kappa shape index (κ1) is 23.9. The predicted molar refractivity (Wildman–Crippen MR) is 130 cm³/mol. The van der Waals surface area contributed by atoms with Crippen LogP contribution in [0.3, 0.4) is 0 Å². The van der Waals surface area contributed by atoms with Gasteiger partial charge in [0.05, 0.1) is 11.2 Å². The second-order valence-electron chi connectivity index (χ2n) is 7.32. The summed E-state index contributed by atoms with van der Waals surface area (Å²) in [6.45, 7) is 9.69. The summed E-state index contributed by atoms with van der Waals surface area (Å²) < 4.78 is 10.9. The molecule has 0 aliphatic carbocycles. The highest BCUT2D eigenvalue weighted by Crippen LogP contribution is 2.32. The number of nitrogens with zero attached hydrogens (tertiary/aromatic N) is 2. The topological polar surface area (TPSA) is 81.5 Å². The lowest BCUT2D eigenvalue weighted by molar-refractivity contribution is 0.0750. The van der Waals surface area contributed by atoms with Crippen molar-refractivity contribution in [2.24, 2.45) is 0 Å². The number of hydrogen-bond donors (Lipinski definition) is 1. The van der Waals surface area contributed by atoms with Gasteiger partial charge in [0.1, 0.15) is 5.76 Å². The molecule has 0 saturated heterocycles. The molecule has 0 fully saturated rings. The monoisotopic (exact) mass is 444 g/mol. The van der Waals surface area contributed by atoms with Gasteiger partial charge in [-0.25, -0.2) is 4.98 Å². The van der Waals surface area contributed by atoms with E-state index in [1.165, 1.54) is 0 Å². The second kappa shape index (κ2) is 10.7. The lowest BCUT2D eigenvalue weighted by Gasteiger charge is -2.15. The zero-order valence-corrected chi connectivity index (χ0v) is 19.4. The van der Waals surface area contributed by atoms with Crippen LogP contribution < -0.4 is 0 Å². The molecule has 1 N–H and O–H groups in total. The Morgan fingerprint density at radius 1 is 1.18 bits per heavy atom. The minimum absolute atomic E-state index is 0.0226. The fourth-order valence-corrected chi connectivity index (χ4v) is 3.85. The zero-order chi connectivity index (χ0) is 24.0. The van der Waals surface area contributed by atoms with Crippen LogP contribution in [0.2, 0.25) is 0 Å². The van der Waals surface area contributed by atoms with Gasteiger partial charge in [-0.05, 0) is 49.1 Å². The van der Waals surface area contributed by atoms with E-state index < -0.39 is 0 Å². The molecule has 0 radical (unpaired) electrons. The molecule has 2 aromatic heterocycles. The van der Waals surface area contributed by atoms with Crippen LogP contribution in [0.25, 0.3) is 27.7 Å². The summed E-state index contributed by atoms with van der Waals surface area (Å²) in [5.74, 6) is 1.49. The number of aliphatic hydroxyl groups is 1. The van der Waals surface area contributed by atoms with Crippen LogP contribution in [0.15, 0.2) is 73.0 Å². The molecule has 0 spiro atoms. The van der Waals surface area contributed by atoms with Gasteiger partial charge in [0.25, 0.3) is 0 Å². The molecular weight excluding hydrogens is 416 g/mol. The van der Waals surface area contributed by atoms with Crippen LogP contribution in [-0.4, -0.2) is 34.8 Å². The number of fused-ring (bicyclic) bond motifs is 1. The lowest BCUT2D eigenvalue weighted by atomic mass is 9.93. The van der Waals surface area contributed by atoms with Crippen molar-refractivity contribution in [2.75, 3.05) is 13.9 Å². The first-order valence-electron chi connectivity index (χ1n) is 10.7. The van der Waals surface area contributed by atoms with E-state index in [4.69, 9.17) is 19.6 Å². The number of allylic oxidation sites excluding steroid dienone is 4. The maximum absolute atomic E-state index is 12.5. The fourth-order valence-electron chi connectivity index (χ4n) is 3.85. The molecule has 0 bridgehead atoms. The molecule has 6 nitrogen and oxygen atoms in total. The van der Waals surface area contributed by atoms with Crippen LogP contribution in [0.5, 0.6) is 0 Å². The van der Waals surface area contributed by atoms with E-state index in [1.54, 1.807) is 25.4 Å². The molecule has 3 aromatic rings. The van der Waals surface area contributed by atoms with E-state index in [9.17, 15) is 4.79 Å². The Balaban J connectivity index is 0.00000149. The molecule has 1 aromatic carbocycles. The number of hydrogen-bond acceptors (Lipinski definition) is 6. The van der Waals surface area contributed by atoms with Gasteiger partial charge in [0, 0.05) is 36.0 Å². The number of ether oxygens (including phenoxy) is 2. The number of Topliss-reactive ketones (excluding diaryl/α,β-unsaturated/α-hetero) is 1. The van der Waals surface area contributed by atoms with Gasteiger partial charge in [0.2, 0.25) is 6.79 Å². The van der Waals surface area contributed by atoms with Crippen molar-refractivity contribution in [3.63, 3.8) is 0 Å². The molecule has 170 valence electrons. The van der Waals surface area contributed by atoms with Crippen molar-refractivity contribution in [1.29, 1.82) is 0 Å². The van der Waals surface area contributed by atoms with E-state index in [0.717, 1.165) is 51.7 Å². The summed E-state index contributed by atoms with van der Waals surface area (Å²) in [7, 11) is 1.00. The van der Waals surface area contributed by atoms with Gasteiger partial charge < -0.3 is 14.6 Å². The summed E-state index contributed by atoms with van der Waals surface area (Å²) >= 11 is 0. The number of aromatic nitrogens is 2. The van der Waals surface area contributed by atoms with Crippen molar-refractivity contribution in [3.8, 4) is 11.3 Å². The number of carbonyl (C=O) groups excluding carboxylic acids is 1. The van der Waals surface area contributed by atoms with Crippen molar-refractivity contribution in [3.05, 3.63) is 89.7 Å². The van der Waals surface area contributed by atoms with Crippen LogP contribution in [-0.2, 0) is 15.9 Å². The Labute approximate surface area is 193 Å². The molecule has 0 atom stereocenters. The summed E-state index contributed by atoms with van der Waals surface area (Å²) in [6, 6.07) is 9.95. The van der Waals surface area contributed by atoms with E-state index >= 15 is 0 Å². The standard InChI is InChI=1S/C26H24N2O3.CH4O/c1-5-18(13-24-17(4)30-15-31-24)19-7-9-20(10-8-19)26-21(6-2)25(16(3)29)22-14-27-12-11-23(22)28-26;1-2/h5,7-14H,1,6,15H2,2-4H3;2H,1H3/b18-13+;. The number of benzene rings is 1. The largest absolute Gasteiger partial charge is 0.458 e. The first-order chi connectivity index (χ1) is 16.0. The Bertz CT molecular complexity index is 1240. The number of ketones is 1.